The fraction of sp³-hybridized carbons (Fsp3) is 0.0833. The number of nitrogens with zero attached hydrogens (tertiary/aromatic N) is 2. The smallest absolute Gasteiger partial charge is 0.209 e. The van der Waals surface area contributed by atoms with Crippen LogP contribution in [0.2, 0.25) is 0 Å². The Morgan fingerprint density at radius 3 is 3.07 bits per heavy atom. The number of hydrogen-bond donors (Lipinski definition) is 0. The molecule has 0 atom stereocenters. The van der Waals surface area contributed by atoms with E-state index in [9.17, 15) is 0 Å². The average Bonchev–Trinajstić information content (AvgIpc) is 2.88. The van der Waals surface area contributed by atoms with Crippen LogP contribution >= 0.6 is 11.5 Å². The predicted octanol–water partition coefficient (Wildman–Crippen LogP) is 2.77. The highest BCUT2D eigenvalue weighted by Crippen LogP contribution is 2.14. The van der Waals surface area contributed by atoms with E-state index in [1.54, 1.807) is 6.20 Å². The Balaban J connectivity index is 0.000000144. The molecule has 1 aromatic heterocycles. The second-order valence-electron chi connectivity index (χ2n) is 2.97. The third kappa shape index (κ3) is 2.88. The lowest BCUT2D eigenvalue weighted by atomic mass is 10.2. The van der Waals surface area contributed by atoms with E-state index in [0.717, 1.165) is 12.2 Å². The molecule has 0 bridgehead atoms. The second-order valence-corrected chi connectivity index (χ2v) is 3.67. The van der Waals surface area contributed by atoms with Gasteiger partial charge in [0.25, 0.3) is 0 Å². The van der Waals surface area contributed by atoms with Crippen LogP contribution in [0, 0.1) is 6.08 Å². The van der Waals surface area contributed by atoms with Crippen LogP contribution in [0.15, 0.2) is 59.9 Å². The fourth-order valence-electron chi connectivity index (χ4n) is 1.25. The molecule has 0 spiro atoms. The number of allylic oxidation sites excluding steroid dienone is 5. The van der Waals surface area contributed by atoms with Gasteiger partial charge in [0.15, 0.2) is 0 Å². The molecular formula is C12H11N2S+. The van der Waals surface area contributed by atoms with Crippen LogP contribution < -0.4 is 0 Å². The lowest BCUT2D eigenvalue weighted by Gasteiger charge is -2.16. The topological polar surface area (TPSA) is 16.1 Å². The van der Waals surface area contributed by atoms with Crippen LogP contribution in [-0.4, -0.2) is 15.8 Å². The Morgan fingerprint density at radius 1 is 1.40 bits per heavy atom. The molecule has 0 fully saturated rings. The van der Waals surface area contributed by atoms with Gasteiger partial charge in [-0.2, -0.15) is 0 Å². The minimum atomic E-state index is 0.975. The third-order valence-corrected chi connectivity index (χ3v) is 2.46. The number of hydrogen-bond acceptors (Lipinski definition) is 3. The molecule has 15 heavy (non-hydrogen) atoms. The van der Waals surface area contributed by atoms with Gasteiger partial charge in [-0.15, -0.1) is 0 Å². The van der Waals surface area contributed by atoms with E-state index in [1.165, 1.54) is 11.5 Å². The van der Waals surface area contributed by atoms with Crippen molar-refractivity contribution in [2.45, 2.75) is 0 Å². The van der Waals surface area contributed by atoms with Crippen molar-refractivity contribution in [2.24, 2.45) is 0 Å². The zero-order chi connectivity index (χ0) is 10.3. The third-order valence-electron chi connectivity index (χ3n) is 1.94. The van der Waals surface area contributed by atoms with Gasteiger partial charge in [0.1, 0.15) is 6.08 Å². The molecule has 0 amide bonds. The van der Waals surface area contributed by atoms with E-state index in [0.29, 0.717) is 0 Å². The molecule has 2 aliphatic heterocycles. The molecular weight excluding hydrogens is 204 g/mol. The van der Waals surface area contributed by atoms with Crippen molar-refractivity contribution in [3.8, 4) is 0 Å². The molecule has 0 aromatic carbocycles. The summed E-state index contributed by atoms with van der Waals surface area (Å²) in [6.45, 7) is 0.975. The minimum Gasteiger partial charge on any atom is -0.303 e. The molecule has 0 aliphatic carbocycles. The largest absolute Gasteiger partial charge is 0.303 e. The van der Waals surface area contributed by atoms with E-state index < -0.39 is 0 Å². The van der Waals surface area contributed by atoms with Gasteiger partial charge < -0.3 is 4.90 Å². The Morgan fingerprint density at radius 2 is 2.40 bits per heavy atom. The van der Waals surface area contributed by atoms with Gasteiger partial charge in [-0.05, 0) is 29.8 Å². The van der Waals surface area contributed by atoms with Crippen molar-refractivity contribution in [1.82, 2.24) is 9.27 Å². The summed E-state index contributed by atoms with van der Waals surface area (Å²) in [7, 11) is 0. The predicted molar refractivity (Wildman–Crippen MR) is 63.0 cm³/mol. The van der Waals surface area contributed by atoms with Crippen molar-refractivity contribution < 1.29 is 0 Å². The summed E-state index contributed by atoms with van der Waals surface area (Å²) in [4.78, 5) is 2.15. The van der Waals surface area contributed by atoms with E-state index in [1.807, 2.05) is 29.7 Å². The zero-order valence-electron chi connectivity index (χ0n) is 8.21. The molecule has 0 N–H and O–H groups in total. The number of aromatic nitrogens is 1. The van der Waals surface area contributed by atoms with Gasteiger partial charge in [-0.3, -0.25) is 0 Å². The summed E-state index contributed by atoms with van der Waals surface area (Å²) >= 11 is 1.46. The number of fused-ring (bicyclic) bond motifs is 1. The molecule has 2 nitrogen and oxygen atoms in total. The fourth-order valence-corrected chi connectivity index (χ4v) is 1.60. The minimum absolute atomic E-state index is 0.975. The second kappa shape index (κ2) is 5.25. The molecule has 2 aliphatic rings. The molecule has 1 aromatic rings. The van der Waals surface area contributed by atoms with Gasteiger partial charge >= 0.3 is 0 Å². The Hall–Kier alpha value is -1.70. The summed E-state index contributed by atoms with van der Waals surface area (Å²) in [5, 5.41) is 1.93. The van der Waals surface area contributed by atoms with Crippen LogP contribution in [0.5, 0.6) is 0 Å². The van der Waals surface area contributed by atoms with Gasteiger partial charge in [0.2, 0.25) is 5.70 Å². The lowest BCUT2D eigenvalue weighted by Crippen LogP contribution is -2.18. The van der Waals surface area contributed by atoms with E-state index >= 15 is 0 Å². The monoisotopic (exact) mass is 215 g/mol. The molecule has 0 radical (unpaired) electrons. The lowest BCUT2D eigenvalue weighted by molar-refractivity contribution is 0.520. The molecule has 3 heteroatoms. The van der Waals surface area contributed by atoms with E-state index in [2.05, 4.69) is 33.7 Å². The molecule has 74 valence electrons. The highest BCUT2D eigenvalue weighted by Gasteiger charge is 2.13. The maximum atomic E-state index is 3.76. The summed E-state index contributed by atoms with van der Waals surface area (Å²) in [5.41, 5.74) is 1.16. The quantitative estimate of drug-likeness (QED) is 0.619. The Labute approximate surface area is 93.7 Å². The van der Waals surface area contributed by atoms with Crippen molar-refractivity contribution in [2.75, 3.05) is 6.54 Å². The summed E-state index contributed by atoms with van der Waals surface area (Å²) in [6.07, 6.45) is 17.1. The van der Waals surface area contributed by atoms with Gasteiger partial charge in [-0.1, -0.05) is 0 Å². The van der Waals surface area contributed by atoms with Crippen molar-refractivity contribution in [3.63, 3.8) is 0 Å². The van der Waals surface area contributed by atoms with Crippen molar-refractivity contribution in [3.05, 3.63) is 66.0 Å². The first-order chi connectivity index (χ1) is 7.47. The van der Waals surface area contributed by atoms with E-state index in [4.69, 9.17) is 0 Å². The highest BCUT2D eigenvalue weighted by molar-refractivity contribution is 7.03. The first-order valence-corrected chi connectivity index (χ1v) is 5.55. The van der Waals surface area contributed by atoms with Gasteiger partial charge in [-0.25, -0.2) is 4.37 Å². The Kier molecular flexibility index (Phi) is 3.44. The van der Waals surface area contributed by atoms with Crippen LogP contribution in [0.4, 0.5) is 0 Å². The SMILES string of the molecule is [C+]1=C2C=CC=CN2CC=C1.c1cnsc1. The standard InChI is InChI=1S/C9H8N.C3H3NS/c1-3-7-10-8-4-2-6-9(10)5-1;1-2-4-5-3-1/h1-5,7H,8H2;1-3H/q+1;. The highest BCUT2D eigenvalue weighted by atomic mass is 32.1. The molecule has 0 unspecified atom stereocenters. The molecule has 3 heterocycles. The van der Waals surface area contributed by atoms with Crippen LogP contribution in [0.25, 0.3) is 0 Å². The first kappa shape index (κ1) is 9.84. The van der Waals surface area contributed by atoms with Gasteiger partial charge in [0.05, 0.1) is 18.7 Å². The zero-order valence-corrected chi connectivity index (χ0v) is 9.02. The summed E-state index contributed by atoms with van der Waals surface area (Å²) in [6, 6.07) is 1.91. The maximum Gasteiger partial charge on any atom is 0.209 e. The summed E-state index contributed by atoms with van der Waals surface area (Å²) in [5.74, 6) is 0. The Bertz CT molecular complexity index is 382. The van der Waals surface area contributed by atoms with Crippen molar-refractivity contribution in [1.29, 1.82) is 0 Å². The molecule has 0 saturated carbocycles. The number of rotatable bonds is 0. The van der Waals surface area contributed by atoms with Crippen LogP contribution in [-0.2, 0) is 0 Å². The molecule has 3 rings (SSSR count). The van der Waals surface area contributed by atoms with Crippen LogP contribution in [0.1, 0.15) is 0 Å². The maximum absolute atomic E-state index is 3.76. The van der Waals surface area contributed by atoms with Gasteiger partial charge in [0, 0.05) is 23.9 Å². The summed E-state index contributed by atoms with van der Waals surface area (Å²) < 4.78 is 3.76. The average molecular weight is 215 g/mol. The van der Waals surface area contributed by atoms with E-state index in [-0.39, 0.29) is 0 Å². The van der Waals surface area contributed by atoms with Crippen molar-refractivity contribution >= 4 is 11.5 Å². The molecule has 0 saturated heterocycles. The first-order valence-electron chi connectivity index (χ1n) is 4.71. The normalized spacial score (nSPS) is 16.0. The van der Waals surface area contributed by atoms with Crippen LogP contribution in [0.3, 0.4) is 0 Å².